The van der Waals surface area contributed by atoms with E-state index in [0.717, 1.165) is 16.9 Å². The van der Waals surface area contributed by atoms with Gasteiger partial charge in [0.2, 0.25) is 5.85 Å². The Hall–Kier alpha value is -1.06. The molecular weight excluding hydrogens is 152 g/mol. The first kappa shape index (κ1) is 7.58. The summed E-state index contributed by atoms with van der Waals surface area (Å²) in [5, 5.41) is 0. The highest BCUT2D eigenvalue weighted by atomic mass is 16.5. The quantitative estimate of drug-likeness (QED) is 0.549. The van der Waals surface area contributed by atoms with Gasteiger partial charge in [-0.3, -0.25) is 11.5 Å². The molecule has 0 bridgehead atoms. The van der Waals surface area contributed by atoms with Crippen LogP contribution in [-0.2, 0) is 6.42 Å². The van der Waals surface area contributed by atoms with E-state index in [1.807, 2.05) is 25.1 Å². The Kier molecular flexibility index (Phi) is 1.40. The maximum absolute atomic E-state index is 5.65. The minimum atomic E-state index is -1.01. The van der Waals surface area contributed by atoms with Crippen molar-refractivity contribution in [3.05, 3.63) is 29.3 Å². The van der Waals surface area contributed by atoms with E-state index in [1.165, 1.54) is 0 Å². The first-order valence-electron chi connectivity index (χ1n) is 3.94. The van der Waals surface area contributed by atoms with E-state index < -0.39 is 5.85 Å². The number of rotatable bonds is 0. The molecule has 1 aromatic rings. The van der Waals surface area contributed by atoms with Gasteiger partial charge in [-0.05, 0) is 12.5 Å². The Morgan fingerprint density at radius 1 is 1.42 bits per heavy atom. The second-order valence-corrected chi connectivity index (χ2v) is 3.30. The molecule has 0 unspecified atom stereocenters. The molecule has 1 aliphatic rings. The molecule has 1 aliphatic heterocycles. The zero-order valence-corrected chi connectivity index (χ0v) is 7.00. The summed E-state index contributed by atoms with van der Waals surface area (Å²) in [6.45, 7) is 1.99. The smallest absolute Gasteiger partial charge is 0.217 e. The molecule has 0 fully saturated rings. The van der Waals surface area contributed by atoms with Crippen molar-refractivity contribution in [3.8, 4) is 5.75 Å². The number of aryl methyl sites for hydroxylation is 1. The standard InChI is InChI=1S/C9H12N2O/c1-6-3-2-4-7-5-9(10,11)12-8(6)7/h2-4H,5,10-11H2,1H3. The molecule has 0 aromatic heterocycles. The second-order valence-electron chi connectivity index (χ2n) is 3.30. The largest absolute Gasteiger partial charge is 0.459 e. The predicted molar refractivity (Wildman–Crippen MR) is 46.6 cm³/mol. The van der Waals surface area contributed by atoms with E-state index in [9.17, 15) is 0 Å². The van der Waals surface area contributed by atoms with Gasteiger partial charge in [-0.15, -0.1) is 0 Å². The topological polar surface area (TPSA) is 61.3 Å². The summed E-state index contributed by atoms with van der Waals surface area (Å²) < 4.78 is 5.38. The Labute approximate surface area is 71.3 Å². The van der Waals surface area contributed by atoms with Gasteiger partial charge in [-0.1, -0.05) is 18.2 Å². The summed E-state index contributed by atoms with van der Waals surface area (Å²) >= 11 is 0. The van der Waals surface area contributed by atoms with Gasteiger partial charge in [0.15, 0.2) is 0 Å². The highest BCUT2D eigenvalue weighted by Crippen LogP contribution is 2.32. The van der Waals surface area contributed by atoms with Crippen LogP contribution < -0.4 is 16.2 Å². The predicted octanol–water partition coefficient (Wildman–Crippen LogP) is 0.501. The Morgan fingerprint density at radius 3 is 2.83 bits per heavy atom. The van der Waals surface area contributed by atoms with Crippen molar-refractivity contribution in [1.82, 2.24) is 0 Å². The van der Waals surface area contributed by atoms with E-state index >= 15 is 0 Å². The lowest BCUT2D eigenvalue weighted by atomic mass is 10.1. The van der Waals surface area contributed by atoms with E-state index in [2.05, 4.69) is 0 Å². The fourth-order valence-corrected chi connectivity index (χ4v) is 1.52. The van der Waals surface area contributed by atoms with Crippen molar-refractivity contribution in [1.29, 1.82) is 0 Å². The summed E-state index contributed by atoms with van der Waals surface area (Å²) in [6.07, 6.45) is 0.587. The monoisotopic (exact) mass is 164 g/mol. The van der Waals surface area contributed by atoms with Crippen LogP contribution in [0.5, 0.6) is 5.75 Å². The SMILES string of the molecule is Cc1cccc2c1OC(N)(N)C2. The van der Waals surface area contributed by atoms with Crippen molar-refractivity contribution in [2.75, 3.05) is 0 Å². The van der Waals surface area contributed by atoms with Crippen LogP contribution in [0.15, 0.2) is 18.2 Å². The lowest BCUT2D eigenvalue weighted by Crippen LogP contribution is -2.53. The molecule has 0 saturated heterocycles. The average Bonchev–Trinajstić information content (AvgIpc) is 2.25. The fraction of sp³-hybridized carbons (Fsp3) is 0.333. The first-order chi connectivity index (χ1) is 5.58. The second kappa shape index (κ2) is 2.21. The van der Waals surface area contributed by atoms with Crippen molar-refractivity contribution in [3.63, 3.8) is 0 Å². The van der Waals surface area contributed by atoms with Crippen molar-refractivity contribution in [2.45, 2.75) is 19.2 Å². The van der Waals surface area contributed by atoms with Crippen molar-refractivity contribution in [2.24, 2.45) is 11.5 Å². The number of hydrogen-bond acceptors (Lipinski definition) is 3. The van der Waals surface area contributed by atoms with Gasteiger partial charge in [-0.2, -0.15) is 0 Å². The van der Waals surface area contributed by atoms with Crippen LogP contribution in [0.2, 0.25) is 0 Å². The number of nitrogens with two attached hydrogens (primary N) is 2. The zero-order valence-electron chi connectivity index (χ0n) is 7.00. The highest BCUT2D eigenvalue weighted by molar-refractivity contribution is 5.44. The van der Waals surface area contributed by atoms with Crippen LogP contribution in [0, 0.1) is 6.92 Å². The maximum atomic E-state index is 5.65. The normalized spacial score (nSPS) is 18.6. The third kappa shape index (κ3) is 1.07. The third-order valence-corrected chi connectivity index (χ3v) is 2.05. The van der Waals surface area contributed by atoms with E-state index in [1.54, 1.807) is 0 Å². The third-order valence-electron chi connectivity index (χ3n) is 2.05. The lowest BCUT2D eigenvalue weighted by Gasteiger charge is -2.17. The fourth-order valence-electron chi connectivity index (χ4n) is 1.52. The molecule has 0 aliphatic carbocycles. The Morgan fingerprint density at radius 2 is 2.17 bits per heavy atom. The molecule has 0 radical (unpaired) electrons. The molecular formula is C9H12N2O. The minimum absolute atomic E-state index is 0.587. The van der Waals surface area contributed by atoms with Crippen LogP contribution in [0.1, 0.15) is 11.1 Å². The first-order valence-corrected chi connectivity index (χ1v) is 3.94. The average molecular weight is 164 g/mol. The molecule has 2 rings (SSSR count). The molecule has 0 spiro atoms. The van der Waals surface area contributed by atoms with Gasteiger partial charge >= 0.3 is 0 Å². The molecule has 64 valence electrons. The summed E-state index contributed by atoms with van der Waals surface area (Å²) in [4.78, 5) is 0. The van der Waals surface area contributed by atoms with E-state index in [4.69, 9.17) is 16.2 Å². The molecule has 1 aromatic carbocycles. The Bertz CT molecular complexity index is 320. The zero-order chi connectivity index (χ0) is 8.77. The van der Waals surface area contributed by atoms with Gasteiger partial charge in [0.25, 0.3) is 0 Å². The molecule has 3 nitrogen and oxygen atoms in total. The van der Waals surface area contributed by atoms with Crippen LogP contribution in [0.25, 0.3) is 0 Å². The molecule has 0 saturated carbocycles. The van der Waals surface area contributed by atoms with Crippen LogP contribution in [0.4, 0.5) is 0 Å². The number of benzene rings is 1. The summed E-state index contributed by atoms with van der Waals surface area (Å²) in [6, 6.07) is 5.96. The summed E-state index contributed by atoms with van der Waals surface area (Å²) in [5.41, 5.74) is 13.5. The molecule has 3 heteroatoms. The summed E-state index contributed by atoms with van der Waals surface area (Å²) in [7, 11) is 0. The number of fused-ring (bicyclic) bond motifs is 1. The van der Waals surface area contributed by atoms with Gasteiger partial charge in [0.05, 0.1) is 0 Å². The van der Waals surface area contributed by atoms with Gasteiger partial charge < -0.3 is 4.74 Å². The van der Waals surface area contributed by atoms with Crippen LogP contribution in [-0.4, -0.2) is 5.85 Å². The molecule has 4 N–H and O–H groups in total. The molecule has 0 amide bonds. The molecule has 1 heterocycles. The Balaban J connectivity index is 2.48. The maximum Gasteiger partial charge on any atom is 0.217 e. The van der Waals surface area contributed by atoms with Gasteiger partial charge in [0.1, 0.15) is 5.75 Å². The molecule has 0 atom stereocenters. The van der Waals surface area contributed by atoms with Crippen molar-refractivity contribution >= 4 is 0 Å². The van der Waals surface area contributed by atoms with Crippen molar-refractivity contribution < 1.29 is 4.74 Å². The van der Waals surface area contributed by atoms with Crippen LogP contribution >= 0.6 is 0 Å². The number of ether oxygens (including phenoxy) is 1. The van der Waals surface area contributed by atoms with E-state index in [0.29, 0.717) is 6.42 Å². The van der Waals surface area contributed by atoms with Crippen LogP contribution in [0.3, 0.4) is 0 Å². The minimum Gasteiger partial charge on any atom is -0.459 e. The van der Waals surface area contributed by atoms with Gasteiger partial charge in [0, 0.05) is 12.0 Å². The number of para-hydroxylation sites is 1. The van der Waals surface area contributed by atoms with E-state index in [-0.39, 0.29) is 0 Å². The lowest BCUT2D eigenvalue weighted by molar-refractivity contribution is 0.109. The number of hydrogen-bond donors (Lipinski definition) is 2. The summed E-state index contributed by atoms with van der Waals surface area (Å²) in [5.74, 6) is -0.156. The van der Waals surface area contributed by atoms with Gasteiger partial charge in [-0.25, -0.2) is 0 Å². The highest BCUT2D eigenvalue weighted by Gasteiger charge is 2.31. The molecule has 12 heavy (non-hydrogen) atoms.